The van der Waals surface area contributed by atoms with Crippen LogP contribution in [0.25, 0.3) is 0 Å². The van der Waals surface area contributed by atoms with Crippen molar-refractivity contribution >= 4 is 5.97 Å². The second-order valence-corrected chi connectivity index (χ2v) is 4.77. The summed E-state index contributed by atoms with van der Waals surface area (Å²) in [5.41, 5.74) is -0.0360. The number of esters is 1. The second-order valence-electron chi connectivity index (χ2n) is 4.77. The number of aliphatic hydroxyl groups is 1. The Labute approximate surface area is 138 Å². The van der Waals surface area contributed by atoms with Crippen molar-refractivity contribution in [2.75, 3.05) is 21.3 Å². The van der Waals surface area contributed by atoms with Crippen LogP contribution in [-0.4, -0.2) is 32.4 Å². The third-order valence-electron chi connectivity index (χ3n) is 3.61. The van der Waals surface area contributed by atoms with Crippen molar-refractivity contribution in [1.82, 2.24) is 0 Å². The number of nitriles is 2. The van der Waals surface area contributed by atoms with Gasteiger partial charge in [-0.25, -0.2) is 4.79 Å². The fourth-order valence-electron chi connectivity index (χ4n) is 2.52. The molecule has 1 aliphatic heterocycles. The lowest BCUT2D eigenvalue weighted by Crippen LogP contribution is -2.29. The largest absolute Gasteiger partial charge is 0.496 e. The van der Waals surface area contributed by atoms with Crippen molar-refractivity contribution in [2.45, 2.75) is 5.92 Å². The van der Waals surface area contributed by atoms with Gasteiger partial charge < -0.3 is 24.1 Å². The monoisotopic (exact) mass is 330 g/mol. The molecule has 1 heterocycles. The van der Waals surface area contributed by atoms with Gasteiger partial charge in [-0.15, -0.1) is 0 Å². The molecule has 0 radical (unpaired) electrons. The topological polar surface area (TPSA) is 122 Å². The average Bonchev–Trinajstić information content (AvgIpc) is 2.60. The molecule has 24 heavy (non-hydrogen) atoms. The summed E-state index contributed by atoms with van der Waals surface area (Å²) in [5, 5.41) is 28.5. The fraction of sp³-hybridized carbons (Fsp3) is 0.312. The fourth-order valence-corrected chi connectivity index (χ4v) is 2.52. The lowest BCUT2D eigenvalue weighted by molar-refractivity contribution is -0.132. The van der Waals surface area contributed by atoms with Gasteiger partial charge in [0.05, 0.1) is 39.4 Å². The van der Waals surface area contributed by atoms with E-state index in [1.807, 2.05) is 12.1 Å². The smallest absolute Gasteiger partial charge is 0.347 e. The molecule has 124 valence electrons. The Balaban J connectivity index is 2.83. The van der Waals surface area contributed by atoms with E-state index < -0.39 is 23.8 Å². The van der Waals surface area contributed by atoms with E-state index in [0.717, 1.165) is 7.11 Å². The zero-order chi connectivity index (χ0) is 17.9. The first-order valence-electron chi connectivity index (χ1n) is 6.76. The zero-order valence-electron chi connectivity index (χ0n) is 13.2. The molecule has 0 fully saturated rings. The summed E-state index contributed by atoms with van der Waals surface area (Å²) < 4.78 is 20.3. The Kier molecular flexibility index (Phi) is 4.81. The first-order chi connectivity index (χ1) is 11.5. The number of ether oxygens (including phenoxy) is 4. The highest BCUT2D eigenvalue weighted by Crippen LogP contribution is 2.49. The molecule has 0 aliphatic carbocycles. The van der Waals surface area contributed by atoms with Gasteiger partial charge in [0.2, 0.25) is 0 Å². The van der Waals surface area contributed by atoms with Gasteiger partial charge in [0.25, 0.3) is 5.95 Å². The highest BCUT2D eigenvalue weighted by atomic mass is 16.6. The van der Waals surface area contributed by atoms with Gasteiger partial charge in [-0.1, -0.05) is 0 Å². The number of rotatable bonds is 4. The molecule has 1 aromatic carbocycles. The highest BCUT2D eigenvalue weighted by Gasteiger charge is 2.43. The van der Waals surface area contributed by atoms with Gasteiger partial charge in [0.15, 0.2) is 0 Å². The van der Waals surface area contributed by atoms with Crippen molar-refractivity contribution in [3.05, 3.63) is 29.2 Å². The van der Waals surface area contributed by atoms with Crippen molar-refractivity contribution < 1.29 is 28.8 Å². The number of hydrogen-bond acceptors (Lipinski definition) is 8. The van der Waals surface area contributed by atoms with Gasteiger partial charge in [-0.3, -0.25) is 0 Å². The summed E-state index contributed by atoms with van der Waals surface area (Å²) in [5.74, 6) is -3.31. The van der Waals surface area contributed by atoms with E-state index >= 15 is 0 Å². The van der Waals surface area contributed by atoms with Gasteiger partial charge in [-0.2, -0.15) is 10.5 Å². The molecule has 2 rings (SSSR count). The molecule has 0 amide bonds. The van der Waals surface area contributed by atoms with Crippen LogP contribution in [0, 0.1) is 28.6 Å². The third-order valence-corrected chi connectivity index (χ3v) is 3.61. The molecular weight excluding hydrogens is 316 g/mol. The van der Waals surface area contributed by atoms with E-state index in [1.165, 1.54) is 26.4 Å². The summed E-state index contributed by atoms with van der Waals surface area (Å²) in [6, 6.07) is 6.60. The standard InChI is InChI=1S/C16H14N2O6/c1-21-9-4-10(22-2)13-11(5-9)24-16(20)14(15(19)23-3)12(13)8(6-17)7-18/h4-5,8,12,19H,1-3H3/b15-14-. The highest BCUT2D eigenvalue weighted by molar-refractivity contribution is 5.95. The summed E-state index contributed by atoms with van der Waals surface area (Å²) in [7, 11) is 3.97. The van der Waals surface area contributed by atoms with Crippen LogP contribution in [0.4, 0.5) is 0 Å². The number of carbonyl (C=O) groups is 1. The molecule has 1 aliphatic rings. The predicted octanol–water partition coefficient (Wildman–Crippen LogP) is 1.79. The number of nitrogens with zero attached hydrogens (tertiary/aromatic N) is 2. The Bertz CT molecular complexity index is 773. The van der Waals surface area contributed by atoms with Crippen LogP contribution >= 0.6 is 0 Å². The number of benzene rings is 1. The van der Waals surface area contributed by atoms with Crippen LogP contribution in [0.15, 0.2) is 23.7 Å². The Morgan fingerprint density at radius 2 is 1.92 bits per heavy atom. The predicted molar refractivity (Wildman–Crippen MR) is 79.3 cm³/mol. The van der Waals surface area contributed by atoms with Crippen LogP contribution in [0.5, 0.6) is 17.2 Å². The summed E-state index contributed by atoms with van der Waals surface area (Å²) in [6.07, 6.45) is 0. The average molecular weight is 330 g/mol. The molecule has 1 atom stereocenters. The number of hydrogen-bond donors (Lipinski definition) is 1. The Morgan fingerprint density at radius 3 is 2.42 bits per heavy atom. The first-order valence-corrected chi connectivity index (χ1v) is 6.76. The van der Waals surface area contributed by atoms with Gasteiger partial charge in [-0.05, 0) is 0 Å². The van der Waals surface area contributed by atoms with E-state index in [0.29, 0.717) is 5.75 Å². The number of fused-ring (bicyclic) bond motifs is 1. The minimum absolute atomic E-state index is 0.0874. The molecule has 0 spiro atoms. The summed E-state index contributed by atoms with van der Waals surface area (Å²) in [4.78, 5) is 12.3. The Morgan fingerprint density at radius 1 is 1.25 bits per heavy atom. The summed E-state index contributed by atoms with van der Waals surface area (Å²) >= 11 is 0. The number of carbonyl (C=O) groups excluding carboxylic acids is 1. The number of methoxy groups -OCH3 is 3. The molecule has 1 N–H and O–H groups in total. The molecular formula is C16H14N2O6. The van der Waals surface area contributed by atoms with Gasteiger partial charge >= 0.3 is 5.97 Å². The first kappa shape index (κ1) is 17.0. The van der Waals surface area contributed by atoms with Crippen molar-refractivity contribution in [3.8, 4) is 29.4 Å². The second kappa shape index (κ2) is 6.80. The van der Waals surface area contributed by atoms with Crippen molar-refractivity contribution in [2.24, 2.45) is 5.92 Å². The van der Waals surface area contributed by atoms with Crippen LogP contribution in [0.2, 0.25) is 0 Å². The van der Waals surface area contributed by atoms with Gasteiger partial charge in [0, 0.05) is 17.7 Å². The maximum Gasteiger partial charge on any atom is 0.347 e. The Hall–Kier alpha value is -3.39. The molecule has 0 aromatic heterocycles. The normalized spacial score (nSPS) is 17.9. The maximum absolute atomic E-state index is 12.3. The molecule has 8 nitrogen and oxygen atoms in total. The molecule has 1 aromatic rings. The van der Waals surface area contributed by atoms with Crippen molar-refractivity contribution in [3.63, 3.8) is 0 Å². The van der Waals surface area contributed by atoms with Crippen molar-refractivity contribution in [1.29, 1.82) is 10.5 Å². The van der Waals surface area contributed by atoms with Crippen LogP contribution in [-0.2, 0) is 9.53 Å². The minimum atomic E-state index is -1.27. The zero-order valence-corrected chi connectivity index (χ0v) is 13.2. The van der Waals surface area contributed by atoms with E-state index in [1.54, 1.807) is 0 Å². The lowest BCUT2D eigenvalue weighted by atomic mass is 9.79. The van der Waals surface area contributed by atoms with E-state index in [2.05, 4.69) is 0 Å². The van der Waals surface area contributed by atoms with E-state index in [4.69, 9.17) is 18.9 Å². The van der Waals surface area contributed by atoms with Gasteiger partial charge in [0.1, 0.15) is 28.7 Å². The molecule has 1 unspecified atom stereocenters. The SMILES string of the molecule is CO/C(O)=C1\C(=O)Oc2cc(OC)cc(OC)c2C1C(C#N)C#N. The summed E-state index contributed by atoms with van der Waals surface area (Å²) in [6.45, 7) is 0. The lowest BCUT2D eigenvalue weighted by Gasteiger charge is -2.29. The molecule has 8 heteroatoms. The molecule has 0 saturated heterocycles. The number of aliphatic hydroxyl groups excluding tert-OH is 1. The van der Waals surface area contributed by atoms with Crippen LogP contribution < -0.4 is 14.2 Å². The minimum Gasteiger partial charge on any atom is -0.496 e. The maximum atomic E-state index is 12.3. The molecule has 0 saturated carbocycles. The molecule has 0 bridgehead atoms. The van der Waals surface area contributed by atoms with E-state index in [9.17, 15) is 20.4 Å². The quantitative estimate of drug-likeness (QED) is 0.384. The van der Waals surface area contributed by atoms with E-state index in [-0.39, 0.29) is 22.6 Å². The van der Waals surface area contributed by atoms with Crippen LogP contribution in [0.1, 0.15) is 11.5 Å². The van der Waals surface area contributed by atoms with Crippen LogP contribution in [0.3, 0.4) is 0 Å². The third kappa shape index (κ3) is 2.66.